The van der Waals surface area contributed by atoms with E-state index in [9.17, 15) is 9.90 Å². The van der Waals surface area contributed by atoms with Crippen LogP contribution in [-0.2, 0) is 18.4 Å². The molecule has 19 heavy (non-hydrogen) atoms. The Kier molecular flexibility index (Phi) is 3.97. The second kappa shape index (κ2) is 5.67. The van der Waals surface area contributed by atoms with Gasteiger partial charge in [0.15, 0.2) is 0 Å². The van der Waals surface area contributed by atoms with Gasteiger partial charge >= 0.3 is 5.97 Å². The van der Waals surface area contributed by atoms with Crippen LogP contribution in [0.25, 0.3) is 0 Å². The van der Waals surface area contributed by atoms with Crippen LogP contribution in [0.1, 0.15) is 22.9 Å². The van der Waals surface area contributed by atoms with Gasteiger partial charge in [-0.2, -0.15) is 5.10 Å². The summed E-state index contributed by atoms with van der Waals surface area (Å²) < 4.78 is 1.77. The number of nitrogens with zero attached hydrogens (tertiary/aromatic N) is 2. The summed E-state index contributed by atoms with van der Waals surface area (Å²) in [6.07, 6.45) is 1.76. The maximum Gasteiger partial charge on any atom is 0.325 e. The molecule has 0 unspecified atom stereocenters. The van der Waals surface area contributed by atoms with Crippen molar-refractivity contribution in [3.05, 3.63) is 53.3 Å². The fourth-order valence-corrected chi connectivity index (χ4v) is 1.92. The van der Waals surface area contributed by atoms with E-state index in [0.29, 0.717) is 6.54 Å². The largest absolute Gasteiger partial charge is 0.480 e. The first-order valence-corrected chi connectivity index (χ1v) is 6.08. The summed E-state index contributed by atoms with van der Waals surface area (Å²) >= 11 is 0. The van der Waals surface area contributed by atoms with Crippen LogP contribution in [0.3, 0.4) is 0 Å². The van der Waals surface area contributed by atoms with Crippen molar-refractivity contribution in [2.75, 3.05) is 0 Å². The highest BCUT2D eigenvalue weighted by molar-refractivity contribution is 5.75. The maximum absolute atomic E-state index is 11.3. The van der Waals surface area contributed by atoms with Gasteiger partial charge in [0, 0.05) is 24.8 Å². The van der Waals surface area contributed by atoms with E-state index in [4.69, 9.17) is 0 Å². The first-order valence-electron chi connectivity index (χ1n) is 6.08. The third kappa shape index (κ3) is 3.00. The second-order valence-electron chi connectivity index (χ2n) is 4.44. The third-order valence-electron chi connectivity index (χ3n) is 3.21. The van der Waals surface area contributed by atoms with Gasteiger partial charge in [-0.3, -0.25) is 14.8 Å². The van der Waals surface area contributed by atoms with Crippen LogP contribution in [0.2, 0.25) is 0 Å². The summed E-state index contributed by atoms with van der Waals surface area (Å²) in [6, 6.07) is 8.45. The molecule has 0 radical (unpaired) electrons. The lowest BCUT2D eigenvalue weighted by Gasteiger charge is -2.14. The summed E-state index contributed by atoms with van der Waals surface area (Å²) in [6.45, 7) is 2.44. The van der Waals surface area contributed by atoms with Gasteiger partial charge < -0.3 is 5.11 Å². The zero-order chi connectivity index (χ0) is 13.8. The van der Waals surface area contributed by atoms with Crippen molar-refractivity contribution in [1.29, 1.82) is 0 Å². The number of nitrogens with one attached hydrogen (secondary N) is 1. The minimum absolute atomic E-state index is 0.478. The zero-order valence-electron chi connectivity index (χ0n) is 11.0. The van der Waals surface area contributed by atoms with Crippen molar-refractivity contribution in [3.63, 3.8) is 0 Å². The van der Waals surface area contributed by atoms with Crippen LogP contribution in [0.5, 0.6) is 0 Å². The van der Waals surface area contributed by atoms with Crippen LogP contribution in [0.15, 0.2) is 36.5 Å². The van der Waals surface area contributed by atoms with E-state index < -0.39 is 12.0 Å². The molecule has 0 saturated heterocycles. The van der Waals surface area contributed by atoms with Crippen LogP contribution >= 0.6 is 0 Å². The van der Waals surface area contributed by atoms with Crippen LogP contribution in [0.4, 0.5) is 0 Å². The highest BCUT2D eigenvalue weighted by Crippen LogP contribution is 2.14. The van der Waals surface area contributed by atoms with Gasteiger partial charge in [-0.25, -0.2) is 0 Å². The smallest absolute Gasteiger partial charge is 0.325 e. The Morgan fingerprint density at radius 2 is 2.11 bits per heavy atom. The van der Waals surface area contributed by atoms with Gasteiger partial charge in [-0.15, -0.1) is 0 Å². The molecule has 0 amide bonds. The molecule has 1 heterocycles. The maximum atomic E-state index is 11.3. The Labute approximate surface area is 111 Å². The Bertz CT molecular complexity index is 563. The van der Waals surface area contributed by atoms with Crippen molar-refractivity contribution < 1.29 is 9.90 Å². The Morgan fingerprint density at radius 3 is 2.63 bits per heavy atom. The van der Waals surface area contributed by atoms with Crippen LogP contribution < -0.4 is 5.32 Å². The molecule has 0 aliphatic rings. The number of rotatable bonds is 5. The Morgan fingerprint density at radius 1 is 1.42 bits per heavy atom. The predicted molar refractivity (Wildman–Crippen MR) is 71.6 cm³/mol. The number of hydrogen-bond donors (Lipinski definition) is 2. The molecule has 0 bridgehead atoms. The molecule has 2 rings (SSSR count). The first kappa shape index (κ1) is 13.3. The van der Waals surface area contributed by atoms with Gasteiger partial charge in [0.2, 0.25) is 0 Å². The lowest BCUT2D eigenvalue weighted by atomic mass is 10.1. The predicted octanol–water partition coefficient (Wildman–Crippen LogP) is 1.64. The van der Waals surface area contributed by atoms with Crippen molar-refractivity contribution >= 4 is 5.97 Å². The van der Waals surface area contributed by atoms with E-state index in [1.165, 1.54) is 0 Å². The number of hydrogen-bond acceptors (Lipinski definition) is 3. The fourth-order valence-electron chi connectivity index (χ4n) is 1.92. The third-order valence-corrected chi connectivity index (χ3v) is 3.21. The standard InChI is InChI=1S/C14H17N3O2/c1-10-12(9-16-17(10)2)8-15-13(14(18)19)11-6-4-3-5-7-11/h3-7,9,13,15H,8H2,1-2H3,(H,18,19)/t13-/m0/s1. The quantitative estimate of drug-likeness (QED) is 0.856. The summed E-state index contributed by atoms with van der Waals surface area (Å²) in [5.41, 5.74) is 2.78. The molecule has 1 aromatic carbocycles. The molecule has 0 fully saturated rings. The van der Waals surface area contributed by atoms with E-state index in [2.05, 4.69) is 10.4 Å². The molecule has 100 valence electrons. The van der Waals surface area contributed by atoms with E-state index in [-0.39, 0.29) is 0 Å². The van der Waals surface area contributed by atoms with Crippen molar-refractivity contribution in [1.82, 2.24) is 15.1 Å². The number of aliphatic carboxylic acids is 1. The molecule has 1 aromatic heterocycles. The molecule has 5 nitrogen and oxygen atoms in total. The van der Waals surface area contributed by atoms with Crippen LogP contribution in [0, 0.1) is 6.92 Å². The molecule has 1 atom stereocenters. The monoisotopic (exact) mass is 259 g/mol. The highest BCUT2D eigenvalue weighted by Gasteiger charge is 2.19. The highest BCUT2D eigenvalue weighted by atomic mass is 16.4. The summed E-state index contributed by atoms with van der Waals surface area (Å²) in [5.74, 6) is -0.882. The zero-order valence-corrected chi connectivity index (χ0v) is 11.0. The minimum atomic E-state index is -0.882. The van der Waals surface area contributed by atoms with E-state index >= 15 is 0 Å². The number of carboxylic acids is 1. The van der Waals surface area contributed by atoms with Gasteiger partial charge in [0.05, 0.1) is 6.20 Å². The van der Waals surface area contributed by atoms with E-state index in [1.807, 2.05) is 44.3 Å². The van der Waals surface area contributed by atoms with Gasteiger partial charge in [0.25, 0.3) is 0 Å². The molecule has 0 aliphatic heterocycles. The molecular formula is C14H17N3O2. The van der Waals surface area contributed by atoms with Gasteiger partial charge in [-0.05, 0) is 12.5 Å². The summed E-state index contributed by atoms with van der Waals surface area (Å²) in [5, 5.41) is 16.5. The van der Waals surface area contributed by atoms with Crippen molar-refractivity contribution in [2.24, 2.45) is 7.05 Å². The molecular weight excluding hydrogens is 242 g/mol. The van der Waals surface area contributed by atoms with E-state index in [1.54, 1.807) is 10.9 Å². The van der Waals surface area contributed by atoms with Crippen molar-refractivity contribution in [2.45, 2.75) is 19.5 Å². The SMILES string of the molecule is Cc1c(CN[C@H](C(=O)O)c2ccccc2)cnn1C. The summed E-state index contributed by atoms with van der Waals surface area (Å²) in [7, 11) is 1.87. The first-order chi connectivity index (χ1) is 9.09. The number of carboxylic acid groups (broad SMARTS) is 1. The van der Waals surface area contributed by atoms with E-state index in [0.717, 1.165) is 16.8 Å². The number of aryl methyl sites for hydroxylation is 1. The van der Waals surface area contributed by atoms with Crippen molar-refractivity contribution in [3.8, 4) is 0 Å². The molecule has 2 aromatic rings. The topological polar surface area (TPSA) is 67.2 Å². The fraction of sp³-hybridized carbons (Fsp3) is 0.286. The normalized spacial score (nSPS) is 12.3. The van der Waals surface area contributed by atoms with Crippen LogP contribution in [-0.4, -0.2) is 20.9 Å². The molecule has 0 saturated carbocycles. The number of aromatic nitrogens is 2. The second-order valence-corrected chi connectivity index (χ2v) is 4.44. The lowest BCUT2D eigenvalue weighted by Crippen LogP contribution is -2.28. The average Bonchev–Trinajstić information content (AvgIpc) is 2.72. The minimum Gasteiger partial charge on any atom is -0.480 e. The summed E-state index contributed by atoms with van der Waals surface area (Å²) in [4.78, 5) is 11.3. The Hall–Kier alpha value is -2.14. The molecule has 0 spiro atoms. The Balaban J connectivity index is 2.11. The number of benzene rings is 1. The lowest BCUT2D eigenvalue weighted by molar-refractivity contribution is -0.139. The van der Waals surface area contributed by atoms with Gasteiger partial charge in [0.1, 0.15) is 6.04 Å². The molecule has 0 aliphatic carbocycles. The van der Waals surface area contributed by atoms with Gasteiger partial charge in [-0.1, -0.05) is 30.3 Å². The molecule has 5 heteroatoms. The molecule has 2 N–H and O–H groups in total. The average molecular weight is 259 g/mol. The number of carbonyl (C=O) groups is 1.